The van der Waals surface area contributed by atoms with E-state index in [1.165, 1.54) is 0 Å². The Morgan fingerprint density at radius 3 is 2.60 bits per heavy atom. The molecule has 1 amide bonds. The molecule has 5 nitrogen and oxygen atoms in total. The Balaban J connectivity index is 1.68. The maximum Gasteiger partial charge on any atom is 0.254 e. The average Bonchev–Trinajstić information content (AvgIpc) is 3.11. The summed E-state index contributed by atoms with van der Waals surface area (Å²) >= 11 is 0. The number of piperidine rings is 1. The number of likely N-dealkylation sites (tertiary alicyclic amines) is 1. The van der Waals surface area contributed by atoms with Crippen LogP contribution in [0, 0.1) is 6.92 Å². The molecule has 0 unspecified atom stereocenters. The molecule has 2 heterocycles. The van der Waals surface area contributed by atoms with Crippen LogP contribution in [0.5, 0.6) is 5.75 Å². The Morgan fingerprint density at radius 1 is 1.28 bits per heavy atom. The highest BCUT2D eigenvalue weighted by Crippen LogP contribution is 2.29. The lowest BCUT2D eigenvalue weighted by molar-refractivity contribution is 0.0709. The number of rotatable bonds is 4. The van der Waals surface area contributed by atoms with Crippen LogP contribution in [0.25, 0.3) is 0 Å². The number of imidazole rings is 1. The monoisotopic (exact) mass is 341 g/mol. The quantitative estimate of drug-likeness (QED) is 0.850. The smallest absolute Gasteiger partial charge is 0.254 e. The molecule has 1 saturated heterocycles. The van der Waals surface area contributed by atoms with Crippen molar-refractivity contribution in [1.29, 1.82) is 0 Å². The van der Waals surface area contributed by atoms with Gasteiger partial charge in [0.15, 0.2) is 0 Å². The summed E-state index contributed by atoms with van der Waals surface area (Å²) in [5.74, 6) is 2.49. The number of ether oxygens (including phenoxy) is 1. The molecule has 0 radical (unpaired) electrons. The van der Waals surface area contributed by atoms with Crippen molar-refractivity contribution in [1.82, 2.24) is 14.5 Å². The molecule has 0 atom stereocenters. The molecule has 1 aliphatic rings. The zero-order valence-electron chi connectivity index (χ0n) is 15.5. The van der Waals surface area contributed by atoms with Gasteiger partial charge in [-0.25, -0.2) is 4.98 Å². The molecule has 0 aliphatic carbocycles. The van der Waals surface area contributed by atoms with Crippen molar-refractivity contribution in [3.8, 4) is 5.75 Å². The van der Waals surface area contributed by atoms with Gasteiger partial charge in [0, 0.05) is 43.0 Å². The first-order chi connectivity index (χ1) is 12.0. The van der Waals surface area contributed by atoms with Gasteiger partial charge in [-0.1, -0.05) is 0 Å². The minimum absolute atomic E-state index is 0.116. The van der Waals surface area contributed by atoms with Crippen LogP contribution in [-0.2, 0) is 0 Å². The molecule has 2 aromatic rings. The second-order valence-corrected chi connectivity index (χ2v) is 7.03. The first-order valence-corrected chi connectivity index (χ1v) is 8.98. The number of hydrogen-bond acceptors (Lipinski definition) is 3. The van der Waals surface area contributed by atoms with Crippen LogP contribution in [0.15, 0.2) is 30.6 Å². The number of carbonyl (C=O) groups excluding carboxylic acids is 1. The lowest BCUT2D eigenvalue weighted by Gasteiger charge is -2.32. The summed E-state index contributed by atoms with van der Waals surface area (Å²) in [6, 6.07) is 6.05. The highest BCUT2D eigenvalue weighted by Gasteiger charge is 2.27. The molecule has 3 rings (SSSR count). The molecule has 0 saturated carbocycles. The fraction of sp³-hybridized carbons (Fsp3) is 0.500. The van der Waals surface area contributed by atoms with Crippen molar-refractivity contribution in [2.24, 2.45) is 0 Å². The fourth-order valence-electron chi connectivity index (χ4n) is 3.59. The summed E-state index contributed by atoms with van der Waals surface area (Å²) in [4.78, 5) is 19.4. The van der Waals surface area contributed by atoms with E-state index in [2.05, 4.69) is 29.6 Å². The molecular formula is C20H27N3O2. The average molecular weight is 341 g/mol. The van der Waals surface area contributed by atoms with Crippen molar-refractivity contribution in [3.05, 3.63) is 47.5 Å². The maximum atomic E-state index is 12.9. The van der Waals surface area contributed by atoms with Gasteiger partial charge in [0.25, 0.3) is 5.91 Å². The number of methoxy groups -OCH3 is 1. The van der Waals surface area contributed by atoms with Crippen LogP contribution in [-0.4, -0.2) is 40.6 Å². The predicted molar refractivity (Wildman–Crippen MR) is 98.2 cm³/mol. The number of hydrogen-bond donors (Lipinski definition) is 0. The van der Waals surface area contributed by atoms with Crippen molar-refractivity contribution in [3.63, 3.8) is 0 Å². The normalized spacial score (nSPS) is 15.6. The van der Waals surface area contributed by atoms with E-state index >= 15 is 0 Å². The third kappa shape index (κ3) is 3.55. The van der Waals surface area contributed by atoms with Crippen LogP contribution in [0.3, 0.4) is 0 Å². The summed E-state index contributed by atoms with van der Waals surface area (Å²) in [5, 5.41) is 0. The zero-order valence-corrected chi connectivity index (χ0v) is 15.5. The molecule has 5 heteroatoms. The van der Waals surface area contributed by atoms with Gasteiger partial charge in [-0.3, -0.25) is 4.79 Å². The van der Waals surface area contributed by atoms with Crippen LogP contribution < -0.4 is 4.74 Å². The topological polar surface area (TPSA) is 47.4 Å². The van der Waals surface area contributed by atoms with E-state index in [9.17, 15) is 4.79 Å². The van der Waals surface area contributed by atoms with Crippen LogP contribution in [0.4, 0.5) is 0 Å². The molecule has 134 valence electrons. The first kappa shape index (κ1) is 17.5. The molecule has 0 spiro atoms. The van der Waals surface area contributed by atoms with Gasteiger partial charge < -0.3 is 14.2 Å². The molecule has 1 aliphatic heterocycles. The van der Waals surface area contributed by atoms with Gasteiger partial charge in [-0.2, -0.15) is 0 Å². The van der Waals surface area contributed by atoms with E-state index < -0.39 is 0 Å². The molecule has 0 bridgehead atoms. The van der Waals surface area contributed by atoms with E-state index in [-0.39, 0.29) is 5.91 Å². The molecular weight excluding hydrogens is 314 g/mol. The zero-order chi connectivity index (χ0) is 18.0. The minimum Gasteiger partial charge on any atom is -0.497 e. The second-order valence-electron chi connectivity index (χ2n) is 7.03. The standard InChI is InChI=1S/C20H27N3O2/c1-14(2)23-12-9-21-19(23)16-7-10-22(11-8-16)20(24)18-6-5-17(25-4)13-15(18)3/h5-6,9,12-14,16H,7-8,10-11H2,1-4H3. The number of aryl methyl sites for hydroxylation is 1. The lowest BCUT2D eigenvalue weighted by atomic mass is 9.94. The Morgan fingerprint density at radius 2 is 2.00 bits per heavy atom. The third-order valence-corrected chi connectivity index (χ3v) is 5.07. The highest BCUT2D eigenvalue weighted by atomic mass is 16.5. The third-order valence-electron chi connectivity index (χ3n) is 5.07. The minimum atomic E-state index is 0.116. The molecule has 1 fully saturated rings. The van der Waals surface area contributed by atoms with Crippen LogP contribution in [0.2, 0.25) is 0 Å². The van der Waals surface area contributed by atoms with Gasteiger partial charge >= 0.3 is 0 Å². The first-order valence-electron chi connectivity index (χ1n) is 8.98. The number of benzene rings is 1. The Bertz CT molecular complexity index is 743. The molecule has 1 aromatic carbocycles. The Hall–Kier alpha value is -2.30. The maximum absolute atomic E-state index is 12.9. The number of carbonyl (C=O) groups is 1. The predicted octanol–water partition coefficient (Wildman–Crippen LogP) is 3.80. The summed E-state index contributed by atoms with van der Waals surface area (Å²) in [6.45, 7) is 7.87. The summed E-state index contributed by atoms with van der Waals surface area (Å²) in [5.41, 5.74) is 1.73. The fourth-order valence-corrected chi connectivity index (χ4v) is 3.59. The highest BCUT2D eigenvalue weighted by molar-refractivity contribution is 5.95. The van der Waals surface area contributed by atoms with Gasteiger partial charge in [-0.05, 0) is 57.4 Å². The van der Waals surface area contributed by atoms with Crippen molar-refractivity contribution in [2.45, 2.75) is 45.6 Å². The lowest BCUT2D eigenvalue weighted by Crippen LogP contribution is -2.38. The van der Waals surface area contributed by atoms with Gasteiger partial charge in [0.2, 0.25) is 0 Å². The molecule has 1 aromatic heterocycles. The number of nitrogens with zero attached hydrogens (tertiary/aromatic N) is 3. The summed E-state index contributed by atoms with van der Waals surface area (Å²) in [7, 11) is 1.64. The van der Waals surface area contributed by atoms with E-state index in [4.69, 9.17) is 4.74 Å². The Kier molecular flexibility index (Phi) is 5.11. The van der Waals surface area contributed by atoms with Crippen LogP contribution >= 0.6 is 0 Å². The van der Waals surface area contributed by atoms with Crippen molar-refractivity contribution < 1.29 is 9.53 Å². The second kappa shape index (κ2) is 7.30. The van der Waals surface area contributed by atoms with E-state index in [0.29, 0.717) is 12.0 Å². The SMILES string of the molecule is COc1ccc(C(=O)N2CCC(c3nccn3C(C)C)CC2)c(C)c1. The summed E-state index contributed by atoms with van der Waals surface area (Å²) in [6.07, 6.45) is 5.86. The van der Waals surface area contributed by atoms with E-state index in [1.807, 2.05) is 36.2 Å². The van der Waals surface area contributed by atoms with E-state index in [1.54, 1.807) is 7.11 Å². The number of aromatic nitrogens is 2. The van der Waals surface area contributed by atoms with Crippen LogP contribution in [0.1, 0.15) is 60.4 Å². The largest absolute Gasteiger partial charge is 0.497 e. The Labute approximate surface area is 149 Å². The van der Waals surface area contributed by atoms with E-state index in [0.717, 1.165) is 48.6 Å². The molecule has 0 N–H and O–H groups in total. The number of amides is 1. The molecule has 25 heavy (non-hydrogen) atoms. The van der Waals surface area contributed by atoms with Gasteiger partial charge in [-0.15, -0.1) is 0 Å². The van der Waals surface area contributed by atoms with Crippen molar-refractivity contribution >= 4 is 5.91 Å². The van der Waals surface area contributed by atoms with Crippen molar-refractivity contribution in [2.75, 3.05) is 20.2 Å². The van der Waals surface area contributed by atoms with Gasteiger partial charge in [0.05, 0.1) is 7.11 Å². The van der Waals surface area contributed by atoms with Gasteiger partial charge in [0.1, 0.15) is 11.6 Å². The summed E-state index contributed by atoms with van der Waals surface area (Å²) < 4.78 is 7.47.